The first-order valence-corrected chi connectivity index (χ1v) is 7.84. The van der Waals surface area contributed by atoms with Gasteiger partial charge in [-0.2, -0.15) is 0 Å². The molecule has 0 saturated heterocycles. The van der Waals surface area contributed by atoms with Crippen molar-refractivity contribution in [3.05, 3.63) is 35.9 Å². The van der Waals surface area contributed by atoms with Crippen LogP contribution in [-0.4, -0.2) is 23.4 Å². The minimum Gasteiger partial charge on any atom is -0.335 e. The van der Waals surface area contributed by atoms with E-state index < -0.39 is 0 Å². The standard InChI is InChI=1S/C17H26N2O/c18-13-12-17(20)19(14-15-8-4-3-5-9-15)16-10-6-1-2-7-11-16/h3-5,8-9,16H,1-2,6-7,10-14,18H2. The van der Waals surface area contributed by atoms with E-state index in [-0.39, 0.29) is 5.91 Å². The number of hydrogen-bond donors (Lipinski definition) is 1. The molecule has 1 saturated carbocycles. The molecule has 2 N–H and O–H groups in total. The number of nitrogens with zero attached hydrogens (tertiary/aromatic N) is 1. The predicted molar refractivity (Wildman–Crippen MR) is 82.2 cm³/mol. The summed E-state index contributed by atoms with van der Waals surface area (Å²) in [5.41, 5.74) is 6.78. The summed E-state index contributed by atoms with van der Waals surface area (Å²) in [6, 6.07) is 10.7. The first kappa shape index (κ1) is 15.0. The molecule has 0 aliphatic heterocycles. The molecule has 0 atom stereocenters. The van der Waals surface area contributed by atoms with Crippen LogP contribution in [0, 0.1) is 0 Å². The molecule has 3 heteroatoms. The van der Waals surface area contributed by atoms with E-state index in [4.69, 9.17) is 5.73 Å². The summed E-state index contributed by atoms with van der Waals surface area (Å²) in [6.45, 7) is 1.17. The fraction of sp³-hybridized carbons (Fsp3) is 0.588. The average Bonchev–Trinajstić information content (AvgIpc) is 2.75. The smallest absolute Gasteiger partial charge is 0.224 e. The van der Waals surface area contributed by atoms with Crippen LogP contribution in [0.15, 0.2) is 30.3 Å². The van der Waals surface area contributed by atoms with Crippen molar-refractivity contribution < 1.29 is 4.79 Å². The van der Waals surface area contributed by atoms with E-state index in [0.717, 1.165) is 19.4 Å². The fourth-order valence-electron chi connectivity index (χ4n) is 3.04. The normalized spacial score (nSPS) is 16.6. The van der Waals surface area contributed by atoms with Gasteiger partial charge in [0.1, 0.15) is 0 Å². The van der Waals surface area contributed by atoms with Crippen molar-refractivity contribution in [1.29, 1.82) is 0 Å². The minimum absolute atomic E-state index is 0.211. The number of benzene rings is 1. The monoisotopic (exact) mass is 274 g/mol. The Morgan fingerprint density at radius 2 is 1.75 bits per heavy atom. The van der Waals surface area contributed by atoms with Crippen LogP contribution in [-0.2, 0) is 11.3 Å². The third-order valence-corrected chi connectivity index (χ3v) is 4.14. The zero-order valence-electron chi connectivity index (χ0n) is 12.3. The summed E-state index contributed by atoms with van der Waals surface area (Å²) >= 11 is 0. The first-order valence-electron chi connectivity index (χ1n) is 7.84. The Morgan fingerprint density at radius 3 is 2.35 bits per heavy atom. The Morgan fingerprint density at radius 1 is 1.10 bits per heavy atom. The maximum Gasteiger partial charge on any atom is 0.224 e. The summed E-state index contributed by atoms with van der Waals surface area (Å²) in [4.78, 5) is 14.5. The summed E-state index contributed by atoms with van der Waals surface area (Å²) < 4.78 is 0. The van der Waals surface area contributed by atoms with Crippen LogP contribution in [0.4, 0.5) is 0 Å². The van der Waals surface area contributed by atoms with Crippen molar-refractivity contribution >= 4 is 5.91 Å². The highest BCUT2D eigenvalue weighted by molar-refractivity contribution is 5.76. The second-order valence-electron chi connectivity index (χ2n) is 5.69. The van der Waals surface area contributed by atoms with Crippen molar-refractivity contribution in [2.45, 2.75) is 57.5 Å². The van der Waals surface area contributed by atoms with Gasteiger partial charge in [0, 0.05) is 25.6 Å². The number of carbonyl (C=O) groups excluding carboxylic acids is 1. The topological polar surface area (TPSA) is 46.3 Å². The van der Waals surface area contributed by atoms with E-state index in [0.29, 0.717) is 19.0 Å². The third kappa shape index (κ3) is 4.34. The van der Waals surface area contributed by atoms with Gasteiger partial charge in [-0.1, -0.05) is 56.0 Å². The van der Waals surface area contributed by atoms with Crippen molar-refractivity contribution in [3.8, 4) is 0 Å². The van der Waals surface area contributed by atoms with Crippen LogP contribution in [0.5, 0.6) is 0 Å². The zero-order valence-corrected chi connectivity index (χ0v) is 12.3. The number of hydrogen-bond acceptors (Lipinski definition) is 2. The lowest BCUT2D eigenvalue weighted by Gasteiger charge is -2.31. The van der Waals surface area contributed by atoms with Crippen molar-refractivity contribution in [3.63, 3.8) is 0 Å². The van der Waals surface area contributed by atoms with Crippen molar-refractivity contribution in [2.75, 3.05) is 6.54 Å². The van der Waals surface area contributed by atoms with E-state index in [9.17, 15) is 4.79 Å². The number of nitrogens with two attached hydrogens (primary N) is 1. The molecule has 1 fully saturated rings. The van der Waals surface area contributed by atoms with E-state index in [1.54, 1.807) is 0 Å². The maximum atomic E-state index is 12.4. The van der Waals surface area contributed by atoms with Gasteiger partial charge in [0.15, 0.2) is 0 Å². The maximum absolute atomic E-state index is 12.4. The molecule has 0 radical (unpaired) electrons. The van der Waals surface area contributed by atoms with Crippen LogP contribution in [0.3, 0.4) is 0 Å². The van der Waals surface area contributed by atoms with Gasteiger partial charge in [-0.25, -0.2) is 0 Å². The fourth-order valence-corrected chi connectivity index (χ4v) is 3.04. The average molecular weight is 274 g/mol. The molecule has 0 aromatic heterocycles. The molecule has 1 aromatic carbocycles. The van der Waals surface area contributed by atoms with Gasteiger partial charge < -0.3 is 10.6 Å². The molecule has 1 aliphatic rings. The highest BCUT2D eigenvalue weighted by Gasteiger charge is 2.24. The van der Waals surface area contributed by atoms with Crippen LogP contribution in [0.1, 0.15) is 50.5 Å². The summed E-state index contributed by atoms with van der Waals surface area (Å²) in [6.07, 6.45) is 7.84. The second-order valence-corrected chi connectivity index (χ2v) is 5.69. The lowest BCUT2D eigenvalue weighted by atomic mass is 10.0. The van der Waals surface area contributed by atoms with Crippen molar-refractivity contribution in [2.24, 2.45) is 5.73 Å². The van der Waals surface area contributed by atoms with Crippen LogP contribution in [0.25, 0.3) is 0 Å². The van der Waals surface area contributed by atoms with E-state index in [2.05, 4.69) is 17.0 Å². The van der Waals surface area contributed by atoms with Crippen LogP contribution < -0.4 is 5.73 Å². The molecular formula is C17H26N2O. The van der Waals surface area contributed by atoms with Gasteiger partial charge in [-0.3, -0.25) is 4.79 Å². The molecule has 0 heterocycles. The van der Waals surface area contributed by atoms with E-state index >= 15 is 0 Å². The molecular weight excluding hydrogens is 248 g/mol. The Balaban J connectivity index is 2.08. The van der Waals surface area contributed by atoms with Gasteiger partial charge in [-0.05, 0) is 18.4 Å². The molecule has 1 amide bonds. The SMILES string of the molecule is NCCC(=O)N(Cc1ccccc1)C1CCCCCC1. The largest absolute Gasteiger partial charge is 0.335 e. The molecule has 20 heavy (non-hydrogen) atoms. The lowest BCUT2D eigenvalue weighted by molar-refractivity contribution is -0.134. The summed E-state index contributed by atoms with van der Waals surface area (Å²) in [7, 11) is 0. The Labute approximate surface area is 122 Å². The summed E-state index contributed by atoms with van der Waals surface area (Å²) in [5.74, 6) is 0.211. The zero-order chi connectivity index (χ0) is 14.2. The predicted octanol–water partition coefficient (Wildman–Crippen LogP) is 3.09. The number of amides is 1. The molecule has 1 aliphatic carbocycles. The van der Waals surface area contributed by atoms with Crippen molar-refractivity contribution in [1.82, 2.24) is 4.90 Å². The third-order valence-electron chi connectivity index (χ3n) is 4.14. The molecule has 1 aromatic rings. The van der Waals surface area contributed by atoms with Gasteiger partial charge in [0.25, 0.3) is 0 Å². The van der Waals surface area contributed by atoms with Gasteiger partial charge in [0.05, 0.1) is 0 Å². The molecule has 110 valence electrons. The lowest BCUT2D eigenvalue weighted by Crippen LogP contribution is -2.40. The molecule has 0 spiro atoms. The Kier molecular flexibility index (Phi) is 6.06. The van der Waals surface area contributed by atoms with Gasteiger partial charge in [-0.15, -0.1) is 0 Å². The van der Waals surface area contributed by atoms with E-state index in [1.165, 1.54) is 31.2 Å². The van der Waals surface area contributed by atoms with Crippen LogP contribution in [0.2, 0.25) is 0 Å². The van der Waals surface area contributed by atoms with Gasteiger partial charge >= 0.3 is 0 Å². The Hall–Kier alpha value is -1.35. The highest BCUT2D eigenvalue weighted by atomic mass is 16.2. The molecule has 2 rings (SSSR count). The molecule has 0 unspecified atom stereocenters. The number of rotatable bonds is 5. The van der Waals surface area contributed by atoms with E-state index in [1.807, 2.05) is 18.2 Å². The highest BCUT2D eigenvalue weighted by Crippen LogP contribution is 2.24. The second kappa shape index (κ2) is 8.05. The Bertz CT molecular complexity index is 397. The summed E-state index contributed by atoms with van der Waals surface area (Å²) in [5, 5.41) is 0. The quantitative estimate of drug-likeness (QED) is 0.839. The minimum atomic E-state index is 0.211. The van der Waals surface area contributed by atoms with Gasteiger partial charge in [0.2, 0.25) is 5.91 Å². The molecule has 0 bridgehead atoms. The molecule has 3 nitrogen and oxygen atoms in total. The van der Waals surface area contributed by atoms with Crippen LogP contribution >= 0.6 is 0 Å². The number of carbonyl (C=O) groups is 1. The first-order chi connectivity index (χ1) is 9.81.